The third kappa shape index (κ3) is 3.14. The molecule has 1 amide bonds. The fourth-order valence-electron chi connectivity index (χ4n) is 2.80. The summed E-state index contributed by atoms with van der Waals surface area (Å²) in [7, 11) is 0. The Kier molecular flexibility index (Phi) is 4.68. The molecule has 0 spiro atoms. The minimum Gasteiger partial charge on any atom is -0.348 e. The molecular weight excluding hydrogens is 258 g/mol. The maximum atomic E-state index is 12.2. The van der Waals surface area contributed by atoms with Gasteiger partial charge in [0, 0.05) is 18.7 Å². The maximum Gasteiger partial charge on any atom is 0.282 e. The smallest absolute Gasteiger partial charge is 0.282 e. The molecule has 1 saturated carbocycles. The highest BCUT2D eigenvalue weighted by Crippen LogP contribution is 2.28. The van der Waals surface area contributed by atoms with E-state index in [1.165, 1.54) is 12.1 Å². The minimum absolute atomic E-state index is 0.0916. The first kappa shape index (κ1) is 14.5. The quantitative estimate of drug-likeness (QED) is 0.633. The summed E-state index contributed by atoms with van der Waals surface area (Å²) < 4.78 is 0. The van der Waals surface area contributed by atoms with Crippen molar-refractivity contribution >= 4 is 11.6 Å². The first-order valence-electron chi connectivity index (χ1n) is 6.88. The van der Waals surface area contributed by atoms with Crippen LogP contribution in [0.4, 0.5) is 5.69 Å². The Morgan fingerprint density at radius 2 is 2.05 bits per heavy atom. The molecule has 0 heterocycles. The highest BCUT2D eigenvalue weighted by Gasteiger charge is 2.27. The molecule has 6 heteroatoms. The number of nitrogens with two attached hydrogens (primary N) is 1. The van der Waals surface area contributed by atoms with E-state index in [4.69, 9.17) is 5.73 Å². The van der Waals surface area contributed by atoms with E-state index in [9.17, 15) is 14.9 Å². The van der Waals surface area contributed by atoms with Crippen LogP contribution in [0.1, 0.15) is 36.0 Å². The van der Waals surface area contributed by atoms with Gasteiger partial charge in [-0.25, -0.2) is 0 Å². The van der Waals surface area contributed by atoms with Gasteiger partial charge in [0.25, 0.3) is 11.6 Å². The number of hydrogen-bond donors (Lipinski definition) is 2. The second kappa shape index (κ2) is 6.47. The number of nitrogens with zero attached hydrogens (tertiary/aromatic N) is 1. The number of rotatable bonds is 5. The summed E-state index contributed by atoms with van der Waals surface area (Å²) in [6.07, 6.45) is 4.42. The van der Waals surface area contributed by atoms with Gasteiger partial charge in [0.15, 0.2) is 0 Å². The van der Waals surface area contributed by atoms with E-state index in [2.05, 4.69) is 5.32 Å². The number of nitro groups is 1. The average molecular weight is 277 g/mol. The zero-order valence-corrected chi connectivity index (χ0v) is 11.2. The summed E-state index contributed by atoms with van der Waals surface area (Å²) in [5.74, 6) is -0.0358. The van der Waals surface area contributed by atoms with Gasteiger partial charge in [0.2, 0.25) is 0 Å². The molecule has 0 aliphatic heterocycles. The molecule has 6 nitrogen and oxygen atoms in total. The van der Waals surface area contributed by atoms with Crippen LogP contribution in [0.25, 0.3) is 0 Å². The first-order chi connectivity index (χ1) is 9.63. The summed E-state index contributed by atoms with van der Waals surface area (Å²) in [6, 6.07) is 5.86. The van der Waals surface area contributed by atoms with Crippen LogP contribution in [0, 0.1) is 16.0 Å². The lowest BCUT2D eigenvalue weighted by Crippen LogP contribution is -2.44. The number of nitro benzene ring substituents is 1. The molecule has 1 aromatic carbocycles. The molecule has 1 aliphatic rings. The molecule has 1 aromatic rings. The lowest BCUT2D eigenvalue weighted by molar-refractivity contribution is -0.385. The van der Waals surface area contributed by atoms with E-state index in [0.717, 1.165) is 25.7 Å². The second-order valence-electron chi connectivity index (χ2n) is 5.13. The van der Waals surface area contributed by atoms with Crippen molar-refractivity contribution in [1.29, 1.82) is 0 Å². The Balaban J connectivity index is 2.12. The van der Waals surface area contributed by atoms with Crippen molar-refractivity contribution in [2.24, 2.45) is 11.7 Å². The van der Waals surface area contributed by atoms with Crippen molar-refractivity contribution in [2.75, 3.05) is 6.54 Å². The molecule has 1 atom stereocenters. The van der Waals surface area contributed by atoms with Crippen molar-refractivity contribution in [3.63, 3.8) is 0 Å². The predicted molar refractivity (Wildman–Crippen MR) is 75.4 cm³/mol. The second-order valence-corrected chi connectivity index (χ2v) is 5.13. The zero-order valence-electron chi connectivity index (χ0n) is 11.2. The van der Waals surface area contributed by atoms with Crippen LogP contribution < -0.4 is 11.1 Å². The molecule has 3 N–H and O–H groups in total. The molecule has 1 unspecified atom stereocenters. The number of amides is 1. The van der Waals surface area contributed by atoms with E-state index < -0.39 is 10.8 Å². The third-order valence-electron chi connectivity index (χ3n) is 3.88. The van der Waals surface area contributed by atoms with Crippen molar-refractivity contribution in [1.82, 2.24) is 5.32 Å². The van der Waals surface area contributed by atoms with E-state index in [-0.39, 0.29) is 17.3 Å². The van der Waals surface area contributed by atoms with Crippen molar-refractivity contribution in [3.8, 4) is 0 Å². The van der Waals surface area contributed by atoms with Gasteiger partial charge in [0.05, 0.1) is 4.92 Å². The summed E-state index contributed by atoms with van der Waals surface area (Å²) >= 11 is 0. The Morgan fingerprint density at radius 1 is 1.40 bits per heavy atom. The van der Waals surface area contributed by atoms with E-state index in [1.807, 2.05) is 0 Å². The van der Waals surface area contributed by atoms with Gasteiger partial charge in [-0.05, 0) is 24.8 Å². The first-order valence-corrected chi connectivity index (χ1v) is 6.88. The van der Waals surface area contributed by atoms with Gasteiger partial charge in [-0.15, -0.1) is 0 Å². The maximum absolute atomic E-state index is 12.2. The highest BCUT2D eigenvalue weighted by molar-refractivity contribution is 5.98. The Hall–Kier alpha value is -1.95. The fraction of sp³-hybridized carbons (Fsp3) is 0.500. The monoisotopic (exact) mass is 277 g/mol. The minimum atomic E-state index is -0.540. The van der Waals surface area contributed by atoms with Crippen LogP contribution in [0.5, 0.6) is 0 Å². The normalized spacial score (nSPS) is 16.9. The van der Waals surface area contributed by atoms with E-state index in [1.54, 1.807) is 12.1 Å². The largest absolute Gasteiger partial charge is 0.348 e. The highest BCUT2D eigenvalue weighted by atomic mass is 16.6. The summed E-state index contributed by atoms with van der Waals surface area (Å²) in [5.41, 5.74) is 5.65. The average Bonchev–Trinajstić information content (AvgIpc) is 2.98. The van der Waals surface area contributed by atoms with Crippen LogP contribution in [0.15, 0.2) is 24.3 Å². The molecule has 2 rings (SSSR count). The van der Waals surface area contributed by atoms with Crippen molar-refractivity contribution < 1.29 is 9.72 Å². The molecule has 0 radical (unpaired) electrons. The van der Waals surface area contributed by atoms with Crippen LogP contribution in [-0.4, -0.2) is 23.4 Å². The van der Waals surface area contributed by atoms with Gasteiger partial charge < -0.3 is 11.1 Å². The molecule has 0 aromatic heterocycles. The zero-order chi connectivity index (χ0) is 14.5. The lowest BCUT2D eigenvalue weighted by Gasteiger charge is -2.23. The summed E-state index contributed by atoms with van der Waals surface area (Å²) in [4.78, 5) is 22.6. The molecule has 1 aliphatic carbocycles. The topological polar surface area (TPSA) is 98.3 Å². The Labute approximate surface area is 117 Å². The van der Waals surface area contributed by atoms with Gasteiger partial charge in [0.1, 0.15) is 5.56 Å². The van der Waals surface area contributed by atoms with Crippen LogP contribution in [-0.2, 0) is 0 Å². The fourth-order valence-corrected chi connectivity index (χ4v) is 2.80. The molecule has 0 bridgehead atoms. The Morgan fingerprint density at radius 3 is 2.65 bits per heavy atom. The van der Waals surface area contributed by atoms with Crippen molar-refractivity contribution in [3.05, 3.63) is 39.9 Å². The predicted octanol–water partition coefficient (Wildman–Crippen LogP) is 1.84. The van der Waals surface area contributed by atoms with E-state index >= 15 is 0 Å². The molecule has 108 valence electrons. The number of carbonyl (C=O) groups excluding carboxylic acids is 1. The van der Waals surface area contributed by atoms with Gasteiger partial charge >= 0.3 is 0 Å². The number of benzene rings is 1. The van der Waals surface area contributed by atoms with Gasteiger partial charge in [-0.1, -0.05) is 25.0 Å². The van der Waals surface area contributed by atoms with Crippen molar-refractivity contribution in [2.45, 2.75) is 31.7 Å². The standard InChI is InChI=1S/C14H19N3O3/c15-9-12(10-5-1-2-6-10)16-14(18)11-7-3-4-8-13(11)17(19)20/h3-4,7-8,10,12H,1-2,5-6,9,15H2,(H,16,18). The molecule has 20 heavy (non-hydrogen) atoms. The molecular formula is C14H19N3O3. The summed E-state index contributed by atoms with van der Waals surface area (Å²) in [6.45, 7) is 0.358. The molecule has 1 fully saturated rings. The van der Waals surface area contributed by atoms with Gasteiger partial charge in [-0.2, -0.15) is 0 Å². The number of hydrogen-bond acceptors (Lipinski definition) is 4. The van der Waals surface area contributed by atoms with Crippen LogP contribution in [0.2, 0.25) is 0 Å². The summed E-state index contributed by atoms with van der Waals surface area (Å²) in [5, 5.41) is 13.8. The number of carbonyl (C=O) groups is 1. The lowest BCUT2D eigenvalue weighted by atomic mass is 9.97. The van der Waals surface area contributed by atoms with E-state index in [0.29, 0.717) is 12.5 Å². The van der Waals surface area contributed by atoms with Gasteiger partial charge in [-0.3, -0.25) is 14.9 Å². The third-order valence-corrected chi connectivity index (χ3v) is 3.88. The SMILES string of the molecule is NCC(NC(=O)c1ccccc1[N+](=O)[O-])C1CCCC1. The Bertz CT molecular complexity index is 498. The van der Waals surface area contributed by atoms with Crippen LogP contribution in [0.3, 0.4) is 0 Å². The molecule has 0 saturated heterocycles. The number of nitrogens with one attached hydrogen (secondary N) is 1. The van der Waals surface area contributed by atoms with Crippen LogP contribution >= 0.6 is 0 Å². The number of para-hydroxylation sites is 1.